The maximum atomic E-state index is 11.3. The van der Waals surface area contributed by atoms with Crippen molar-refractivity contribution in [3.63, 3.8) is 0 Å². The van der Waals surface area contributed by atoms with Crippen molar-refractivity contribution in [3.8, 4) is 0 Å². The smallest absolute Gasteiger partial charge is 0.309 e. The Kier molecular flexibility index (Phi) is 4.73. The molecule has 0 heterocycles. The Bertz CT molecular complexity index is 367. The van der Waals surface area contributed by atoms with Gasteiger partial charge in [-0.3, -0.25) is 4.79 Å². The van der Waals surface area contributed by atoms with E-state index in [1.165, 1.54) is 5.56 Å². The van der Waals surface area contributed by atoms with Crippen LogP contribution in [0, 0.1) is 5.41 Å². The van der Waals surface area contributed by atoms with Gasteiger partial charge < -0.3 is 5.11 Å². The Balaban J connectivity index is 2.82. The molecule has 2 nitrogen and oxygen atoms in total. The molecule has 0 fully saturated rings. The standard InChI is InChI=1S/C15H22O2/c1-4-10-15(3,14(16)17)11-13-8-6-12(5-2)7-9-13/h6-9H,4-5,10-11H2,1-3H3,(H,16,17). The summed E-state index contributed by atoms with van der Waals surface area (Å²) in [5, 5.41) is 9.33. The van der Waals surface area contributed by atoms with Crippen molar-refractivity contribution in [2.75, 3.05) is 0 Å². The molecule has 1 rings (SSSR count). The van der Waals surface area contributed by atoms with Crippen LogP contribution in [0.25, 0.3) is 0 Å². The van der Waals surface area contributed by atoms with E-state index >= 15 is 0 Å². The number of carboxylic acid groups (broad SMARTS) is 1. The highest BCUT2D eigenvalue weighted by atomic mass is 16.4. The van der Waals surface area contributed by atoms with E-state index in [-0.39, 0.29) is 0 Å². The summed E-state index contributed by atoms with van der Waals surface area (Å²) in [6.45, 7) is 5.99. The third-order valence-electron chi connectivity index (χ3n) is 3.34. The average Bonchev–Trinajstić information content (AvgIpc) is 2.30. The predicted octanol–water partition coefficient (Wildman–Crippen LogP) is 3.68. The van der Waals surface area contributed by atoms with E-state index in [0.29, 0.717) is 6.42 Å². The first-order valence-electron chi connectivity index (χ1n) is 6.33. The molecule has 94 valence electrons. The molecule has 1 atom stereocenters. The van der Waals surface area contributed by atoms with Crippen molar-refractivity contribution in [2.24, 2.45) is 5.41 Å². The highest BCUT2D eigenvalue weighted by molar-refractivity contribution is 5.74. The fourth-order valence-corrected chi connectivity index (χ4v) is 2.17. The Labute approximate surface area is 104 Å². The highest BCUT2D eigenvalue weighted by Gasteiger charge is 2.32. The SMILES string of the molecule is CCCC(C)(Cc1ccc(CC)cc1)C(=O)O. The third-order valence-corrected chi connectivity index (χ3v) is 3.34. The van der Waals surface area contributed by atoms with Gasteiger partial charge in [-0.15, -0.1) is 0 Å². The van der Waals surface area contributed by atoms with E-state index < -0.39 is 11.4 Å². The van der Waals surface area contributed by atoms with E-state index in [1.54, 1.807) is 0 Å². The molecular formula is C15H22O2. The van der Waals surface area contributed by atoms with Crippen molar-refractivity contribution < 1.29 is 9.90 Å². The van der Waals surface area contributed by atoms with Gasteiger partial charge in [0.25, 0.3) is 0 Å². The van der Waals surface area contributed by atoms with E-state index in [4.69, 9.17) is 0 Å². The van der Waals surface area contributed by atoms with Crippen LogP contribution in [-0.4, -0.2) is 11.1 Å². The Morgan fingerprint density at radius 1 is 1.18 bits per heavy atom. The Morgan fingerprint density at radius 3 is 2.12 bits per heavy atom. The minimum Gasteiger partial charge on any atom is -0.481 e. The number of hydrogen-bond donors (Lipinski definition) is 1. The molecule has 0 radical (unpaired) electrons. The molecule has 2 heteroatoms. The van der Waals surface area contributed by atoms with Gasteiger partial charge in [0.1, 0.15) is 0 Å². The van der Waals surface area contributed by atoms with Gasteiger partial charge in [-0.2, -0.15) is 0 Å². The Morgan fingerprint density at radius 2 is 1.71 bits per heavy atom. The van der Waals surface area contributed by atoms with E-state index in [2.05, 4.69) is 31.2 Å². The summed E-state index contributed by atoms with van der Waals surface area (Å²) in [4.78, 5) is 11.3. The quantitative estimate of drug-likeness (QED) is 0.815. The molecule has 0 spiro atoms. The summed E-state index contributed by atoms with van der Waals surface area (Å²) in [5.41, 5.74) is 1.77. The molecule has 1 unspecified atom stereocenters. The zero-order valence-corrected chi connectivity index (χ0v) is 11.0. The van der Waals surface area contributed by atoms with Gasteiger partial charge >= 0.3 is 5.97 Å². The lowest BCUT2D eigenvalue weighted by molar-refractivity contribution is -0.148. The van der Waals surface area contributed by atoms with E-state index in [1.807, 2.05) is 13.8 Å². The molecule has 0 saturated carbocycles. The normalized spacial score (nSPS) is 14.3. The van der Waals surface area contributed by atoms with Gasteiger partial charge in [0.05, 0.1) is 5.41 Å². The van der Waals surface area contributed by atoms with Crippen LogP contribution < -0.4 is 0 Å². The fraction of sp³-hybridized carbons (Fsp3) is 0.533. The number of carbonyl (C=O) groups is 1. The molecule has 0 aromatic heterocycles. The van der Waals surface area contributed by atoms with E-state index in [9.17, 15) is 9.90 Å². The van der Waals surface area contributed by atoms with Gasteiger partial charge in [-0.05, 0) is 37.3 Å². The molecule has 1 aromatic carbocycles. The highest BCUT2D eigenvalue weighted by Crippen LogP contribution is 2.28. The van der Waals surface area contributed by atoms with Gasteiger partial charge in [0.2, 0.25) is 0 Å². The molecule has 1 N–H and O–H groups in total. The van der Waals surface area contributed by atoms with Crippen LogP contribution in [-0.2, 0) is 17.6 Å². The lowest BCUT2D eigenvalue weighted by Gasteiger charge is -2.24. The van der Waals surface area contributed by atoms with Gasteiger partial charge in [-0.1, -0.05) is 44.5 Å². The molecule has 0 bridgehead atoms. The van der Waals surface area contributed by atoms with Gasteiger partial charge in [0, 0.05) is 0 Å². The topological polar surface area (TPSA) is 37.3 Å². The van der Waals surface area contributed by atoms with Crippen molar-refractivity contribution >= 4 is 5.97 Å². The molecule has 17 heavy (non-hydrogen) atoms. The largest absolute Gasteiger partial charge is 0.481 e. The lowest BCUT2D eigenvalue weighted by Crippen LogP contribution is -2.29. The van der Waals surface area contributed by atoms with Gasteiger partial charge in [-0.25, -0.2) is 0 Å². The Hall–Kier alpha value is -1.31. The predicted molar refractivity (Wildman–Crippen MR) is 70.2 cm³/mol. The van der Waals surface area contributed by atoms with Crippen LogP contribution in [0.3, 0.4) is 0 Å². The second kappa shape index (κ2) is 5.85. The van der Waals surface area contributed by atoms with Crippen LogP contribution in [0.5, 0.6) is 0 Å². The molecule has 0 saturated heterocycles. The van der Waals surface area contributed by atoms with Crippen LogP contribution >= 0.6 is 0 Å². The molecule has 1 aromatic rings. The zero-order chi connectivity index (χ0) is 12.9. The molecule has 0 aliphatic heterocycles. The summed E-state index contributed by atoms with van der Waals surface area (Å²) in [6.07, 6.45) is 3.25. The molecule has 0 aliphatic carbocycles. The van der Waals surface area contributed by atoms with Crippen LogP contribution in [0.1, 0.15) is 44.7 Å². The van der Waals surface area contributed by atoms with Crippen LogP contribution in [0.2, 0.25) is 0 Å². The van der Waals surface area contributed by atoms with Crippen LogP contribution in [0.15, 0.2) is 24.3 Å². The minimum absolute atomic E-state index is 0.611. The number of rotatable bonds is 6. The first kappa shape index (κ1) is 13.8. The second-order valence-electron chi connectivity index (χ2n) is 4.96. The average molecular weight is 234 g/mol. The third kappa shape index (κ3) is 3.58. The van der Waals surface area contributed by atoms with Crippen molar-refractivity contribution in [2.45, 2.75) is 46.5 Å². The summed E-state index contributed by atoms with van der Waals surface area (Å²) >= 11 is 0. The zero-order valence-electron chi connectivity index (χ0n) is 11.0. The molecular weight excluding hydrogens is 212 g/mol. The molecule has 0 amide bonds. The minimum atomic E-state index is -0.695. The van der Waals surface area contributed by atoms with E-state index in [0.717, 1.165) is 24.8 Å². The number of hydrogen-bond acceptors (Lipinski definition) is 1. The number of carboxylic acids is 1. The van der Waals surface area contributed by atoms with Crippen molar-refractivity contribution in [1.29, 1.82) is 0 Å². The number of aliphatic carboxylic acids is 1. The second-order valence-corrected chi connectivity index (χ2v) is 4.96. The number of benzene rings is 1. The maximum Gasteiger partial charge on any atom is 0.309 e. The summed E-state index contributed by atoms with van der Waals surface area (Å²) < 4.78 is 0. The van der Waals surface area contributed by atoms with Crippen molar-refractivity contribution in [1.82, 2.24) is 0 Å². The maximum absolute atomic E-state index is 11.3. The fourth-order valence-electron chi connectivity index (χ4n) is 2.17. The number of aryl methyl sites for hydroxylation is 1. The van der Waals surface area contributed by atoms with Gasteiger partial charge in [0.15, 0.2) is 0 Å². The monoisotopic (exact) mass is 234 g/mol. The summed E-state index contributed by atoms with van der Waals surface area (Å²) in [6, 6.07) is 8.28. The van der Waals surface area contributed by atoms with Crippen LogP contribution in [0.4, 0.5) is 0 Å². The van der Waals surface area contributed by atoms with Crippen molar-refractivity contribution in [3.05, 3.63) is 35.4 Å². The molecule has 0 aliphatic rings. The first-order chi connectivity index (χ1) is 8.01. The lowest BCUT2D eigenvalue weighted by atomic mass is 9.80. The summed E-state index contributed by atoms with van der Waals surface area (Å²) in [5.74, 6) is -0.695. The first-order valence-corrected chi connectivity index (χ1v) is 6.33. The summed E-state index contributed by atoms with van der Waals surface area (Å²) in [7, 11) is 0.